The van der Waals surface area contributed by atoms with Crippen LogP contribution < -0.4 is 0 Å². The van der Waals surface area contributed by atoms with Crippen LogP contribution in [0.4, 0.5) is 5.69 Å². The minimum absolute atomic E-state index is 0.0133. The summed E-state index contributed by atoms with van der Waals surface area (Å²) < 4.78 is 4.89. The van der Waals surface area contributed by atoms with E-state index in [1.165, 1.54) is 12.1 Å². The van der Waals surface area contributed by atoms with Gasteiger partial charge in [-0.05, 0) is 5.56 Å². The highest BCUT2D eigenvalue weighted by atomic mass is 16.6. The normalized spacial score (nSPS) is 10.6. The van der Waals surface area contributed by atoms with Crippen molar-refractivity contribution in [1.29, 1.82) is 0 Å². The van der Waals surface area contributed by atoms with Crippen molar-refractivity contribution in [2.45, 2.75) is 12.9 Å². The summed E-state index contributed by atoms with van der Waals surface area (Å²) >= 11 is 0. The van der Waals surface area contributed by atoms with Gasteiger partial charge in [-0.25, -0.2) is 0 Å². The van der Waals surface area contributed by atoms with Crippen molar-refractivity contribution >= 4 is 5.69 Å². The van der Waals surface area contributed by atoms with E-state index in [9.17, 15) is 10.1 Å². The molecule has 0 aliphatic heterocycles. The topological polar surface area (TPSA) is 92.8 Å². The van der Waals surface area contributed by atoms with Crippen LogP contribution in [0.1, 0.15) is 5.56 Å². The molecule has 0 aliphatic rings. The van der Waals surface area contributed by atoms with Gasteiger partial charge in [0.05, 0.1) is 18.1 Å². The van der Waals surface area contributed by atoms with Gasteiger partial charge in [-0.15, -0.1) is 0 Å². The maximum absolute atomic E-state index is 10.4. The summed E-state index contributed by atoms with van der Waals surface area (Å²) in [5, 5.41) is 27.4. The quantitative estimate of drug-likeness (QED) is 0.420. The van der Waals surface area contributed by atoms with Crippen molar-refractivity contribution in [3.8, 4) is 0 Å². The Kier molecular flexibility index (Phi) is 4.17. The Labute approximate surface area is 85.9 Å². The summed E-state index contributed by atoms with van der Waals surface area (Å²) in [5.41, 5.74) is 0.602. The van der Waals surface area contributed by atoms with Crippen molar-refractivity contribution in [2.24, 2.45) is 0 Å². The fraction of sp³-hybridized carbons (Fsp3) is 0.333. The van der Waals surface area contributed by atoms with Crippen LogP contribution in [0, 0.1) is 10.1 Å². The van der Waals surface area contributed by atoms with Gasteiger partial charge in [0.2, 0.25) is 0 Å². The number of nitro benzene ring substituents is 1. The van der Waals surface area contributed by atoms with Crippen LogP contribution in [0.2, 0.25) is 0 Å². The second-order valence-electron chi connectivity index (χ2n) is 2.92. The maximum atomic E-state index is 10.4. The third kappa shape index (κ3) is 4.03. The molecule has 1 rings (SSSR count). The summed E-state index contributed by atoms with van der Waals surface area (Å²) in [6.07, 6.45) is -1.52. The van der Waals surface area contributed by atoms with E-state index >= 15 is 0 Å². The third-order valence-electron chi connectivity index (χ3n) is 1.66. The molecule has 6 nitrogen and oxygen atoms in total. The van der Waals surface area contributed by atoms with Crippen LogP contribution in [0.15, 0.2) is 24.3 Å². The first-order chi connectivity index (χ1) is 7.09. The molecule has 0 fully saturated rings. The smallest absolute Gasteiger partial charge is 0.269 e. The monoisotopic (exact) mass is 213 g/mol. The molecule has 1 aromatic carbocycles. The number of nitrogens with zero attached hydrogens (tertiary/aromatic N) is 1. The summed E-state index contributed by atoms with van der Waals surface area (Å²) in [5.74, 6) is 0. The number of hydrogen-bond donors (Lipinski definition) is 2. The van der Waals surface area contributed by atoms with Gasteiger partial charge >= 0.3 is 0 Å². The summed E-state index contributed by atoms with van der Waals surface area (Å²) in [4.78, 5) is 9.92. The molecule has 1 aromatic rings. The van der Waals surface area contributed by atoms with Gasteiger partial charge in [-0.2, -0.15) is 0 Å². The van der Waals surface area contributed by atoms with Crippen LogP contribution in [-0.4, -0.2) is 28.0 Å². The largest absolute Gasteiger partial charge is 0.372 e. The molecule has 82 valence electrons. The van der Waals surface area contributed by atoms with E-state index in [1.54, 1.807) is 12.1 Å². The average Bonchev–Trinajstić information content (AvgIpc) is 2.17. The summed E-state index contributed by atoms with van der Waals surface area (Å²) in [6.45, 7) is -0.109. The third-order valence-corrected chi connectivity index (χ3v) is 1.66. The van der Waals surface area contributed by atoms with Gasteiger partial charge in [0, 0.05) is 12.1 Å². The molecule has 2 N–H and O–H groups in total. The van der Waals surface area contributed by atoms with Crippen molar-refractivity contribution in [1.82, 2.24) is 0 Å². The van der Waals surface area contributed by atoms with E-state index in [0.717, 1.165) is 0 Å². The first-order valence-corrected chi connectivity index (χ1v) is 4.27. The number of benzene rings is 1. The van der Waals surface area contributed by atoms with Crippen LogP contribution in [-0.2, 0) is 11.3 Å². The Balaban J connectivity index is 2.54. The molecule has 0 aliphatic carbocycles. The molecular weight excluding hydrogens is 202 g/mol. The van der Waals surface area contributed by atoms with Gasteiger partial charge in [0.15, 0.2) is 6.29 Å². The first-order valence-electron chi connectivity index (χ1n) is 4.27. The molecule has 0 radical (unpaired) electrons. The number of ether oxygens (including phenoxy) is 1. The lowest BCUT2D eigenvalue weighted by atomic mass is 10.2. The molecule has 0 atom stereocenters. The van der Waals surface area contributed by atoms with E-state index in [1.807, 2.05) is 0 Å². The second kappa shape index (κ2) is 5.40. The van der Waals surface area contributed by atoms with Crippen LogP contribution in [0.5, 0.6) is 0 Å². The van der Waals surface area contributed by atoms with Gasteiger partial charge in [-0.3, -0.25) is 10.1 Å². The zero-order valence-corrected chi connectivity index (χ0v) is 7.87. The lowest BCUT2D eigenvalue weighted by Gasteiger charge is -2.05. The van der Waals surface area contributed by atoms with Crippen LogP contribution in [0.3, 0.4) is 0 Å². The molecule has 15 heavy (non-hydrogen) atoms. The number of aliphatic hydroxyl groups excluding tert-OH is 1. The van der Waals surface area contributed by atoms with Gasteiger partial charge < -0.3 is 14.9 Å². The predicted octanol–water partition coefficient (Wildman–Crippen LogP) is 0.422. The zero-order valence-electron chi connectivity index (χ0n) is 7.87. The Morgan fingerprint density at radius 1 is 1.47 bits per heavy atom. The van der Waals surface area contributed by atoms with Crippen molar-refractivity contribution in [3.05, 3.63) is 39.9 Å². The van der Waals surface area contributed by atoms with E-state index in [-0.39, 0.29) is 18.9 Å². The number of aliphatic hydroxyl groups is 2. The Morgan fingerprint density at radius 3 is 2.80 bits per heavy atom. The zero-order chi connectivity index (χ0) is 11.3. The molecule has 0 amide bonds. The Morgan fingerprint density at radius 2 is 2.20 bits per heavy atom. The molecule has 0 unspecified atom stereocenters. The van der Waals surface area contributed by atoms with Crippen LogP contribution >= 0.6 is 0 Å². The van der Waals surface area contributed by atoms with E-state index in [0.29, 0.717) is 5.56 Å². The SMILES string of the molecule is O=[N+]([O-])c1cccc(COCC(O)O)c1. The molecule has 0 spiro atoms. The number of rotatable bonds is 5. The molecular formula is C9H11NO5. The van der Waals surface area contributed by atoms with Gasteiger partial charge in [0.25, 0.3) is 5.69 Å². The first kappa shape index (κ1) is 11.6. The summed E-state index contributed by atoms with van der Waals surface area (Å²) in [6, 6.07) is 5.97. The fourth-order valence-corrected chi connectivity index (χ4v) is 1.04. The minimum atomic E-state index is -1.52. The summed E-state index contributed by atoms with van der Waals surface area (Å²) in [7, 11) is 0. The van der Waals surface area contributed by atoms with Crippen molar-refractivity contribution in [2.75, 3.05) is 6.61 Å². The van der Waals surface area contributed by atoms with Crippen molar-refractivity contribution in [3.63, 3.8) is 0 Å². The standard InChI is InChI=1S/C9H11NO5/c11-9(12)6-15-5-7-2-1-3-8(4-7)10(13)14/h1-4,9,11-12H,5-6H2. The second-order valence-corrected chi connectivity index (χ2v) is 2.92. The molecule has 6 heteroatoms. The van der Waals surface area contributed by atoms with Crippen molar-refractivity contribution < 1.29 is 19.9 Å². The maximum Gasteiger partial charge on any atom is 0.269 e. The predicted molar refractivity (Wildman–Crippen MR) is 51.0 cm³/mol. The highest BCUT2D eigenvalue weighted by molar-refractivity contribution is 5.33. The van der Waals surface area contributed by atoms with E-state index in [2.05, 4.69) is 0 Å². The fourth-order valence-electron chi connectivity index (χ4n) is 1.04. The highest BCUT2D eigenvalue weighted by Crippen LogP contribution is 2.13. The van der Waals surface area contributed by atoms with E-state index < -0.39 is 11.2 Å². The Hall–Kier alpha value is -1.50. The molecule has 0 saturated carbocycles. The average molecular weight is 213 g/mol. The lowest BCUT2D eigenvalue weighted by molar-refractivity contribution is -0.384. The van der Waals surface area contributed by atoms with Gasteiger partial charge in [0.1, 0.15) is 0 Å². The number of nitro groups is 1. The molecule has 0 bridgehead atoms. The molecule has 0 aromatic heterocycles. The van der Waals surface area contributed by atoms with E-state index in [4.69, 9.17) is 14.9 Å². The number of non-ortho nitro benzene ring substituents is 1. The van der Waals surface area contributed by atoms with Gasteiger partial charge in [-0.1, -0.05) is 12.1 Å². The molecule has 0 heterocycles. The minimum Gasteiger partial charge on any atom is -0.372 e. The number of hydrogen-bond acceptors (Lipinski definition) is 5. The highest BCUT2D eigenvalue weighted by Gasteiger charge is 2.05. The van der Waals surface area contributed by atoms with Crippen LogP contribution in [0.25, 0.3) is 0 Å². The Bertz CT molecular complexity index is 339. The lowest BCUT2D eigenvalue weighted by Crippen LogP contribution is -2.13. The molecule has 0 saturated heterocycles.